The zero-order chi connectivity index (χ0) is 20.8. The molecule has 0 N–H and O–H groups in total. The molecule has 0 aliphatic carbocycles. The Hall–Kier alpha value is -2.66. The first-order valence-electron chi connectivity index (χ1n) is 9.70. The first kappa shape index (κ1) is 19.6. The van der Waals surface area contributed by atoms with Crippen LogP contribution < -0.4 is 18.9 Å². The lowest BCUT2D eigenvalue weighted by Gasteiger charge is -2.32. The third kappa shape index (κ3) is 3.44. The smallest absolute Gasteiger partial charge is 0.138 e. The number of thiophene rings is 1. The molecule has 152 valence electrons. The van der Waals surface area contributed by atoms with Crippen molar-refractivity contribution in [3.8, 4) is 44.6 Å². The quantitative estimate of drug-likeness (QED) is 0.480. The van der Waals surface area contributed by atoms with Crippen molar-refractivity contribution in [2.45, 2.75) is 39.4 Å². The normalized spacial score (nSPS) is 14.0. The van der Waals surface area contributed by atoms with Crippen molar-refractivity contribution in [1.82, 2.24) is 0 Å². The molecule has 2 heterocycles. The largest absolute Gasteiger partial charge is 0.497 e. The van der Waals surface area contributed by atoms with Crippen LogP contribution >= 0.6 is 11.3 Å². The summed E-state index contributed by atoms with van der Waals surface area (Å²) in [6.45, 7) is 8.26. The number of benzene rings is 2. The molecule has 0 bridgehead atoms. The van der Waals surface area contributed by atoms with Crippen LogP contribution in [0.5, 0.6) is 23.0 Å². The van der Waals surface area contributed by atoms with E-state index in [1.54, 1.807) is 25.6 Å². The molecule has 0 fully saturated rings. The Morgan fingerprint density at radius 3 is 2.38 bits per heavy atom. The van der Waals surface area contributed by atoms with Crippen molar-refractivity contribution < 1.29 is 18.9 Å². The lowest BCUT2D eigenvalue weighted by Crippen LogP contribution is -2.27. The zero-order valence-corrected chi connectivity index (χ0v) is 18.5. The van der Waals surface area contributed by atoms with Crippen LogP contribution in [-0.2, 0) is 5.60 Å². The first-order valence-corrected chi connectivity index (χ1v) is 10.5. The highest BCUT2D eigenvalue weighted by atomic mass is 32.1. The van der Waals surface area contributed by atoms with Gasteiger partial charge in [-0.1, -0.05) is 6.07 Å². The number of fused-ring (bicyclic) bond motifs is 3. The fourth-order valence-electron chi connectivity index (χ4n) is 3.70. The maximum Gasteiger partial charge on any atom is 0.138 e. The summed E-state index contributed by atoms with van der Waals surface area (Å²) >= 11 is 1.72. The summed E-state index contributed by atoms with van der Waals surface area (Å²) in [5.41, 5.74) is 2.79. The van der Waals surface area contributed by atoms with Crippen LogP contribution in [0.4, 0.5) is 0 Å². The van der Waals surface area contributed by atoms with Crippen molar-refractivity contribution in [3.63, 3.8) is 0 Å². The average molecular weight is 411 g/mol. The van der Waals surface area contributed by atoms with Crippen LogP contribution in [0, 0.1) is 0 Å². The van der Waals surface area contributed by atoms with E-state index in [4.69, 9.17) is 18.9 Å². The highest BCUT2D eigenvalue weighted by Crippen LogP contribution is 2.53. The highest BCUT2D eigenvalue weighted by molar-refractivity contribution is 7.16. The SMILES string of the molecule is COc1ccc2c(c1)OC(C)(C)c1sc(-c3c(OC)cccc3OC(C)C)cc1-2. The lowest BCUT2D eigenvalue weighted by atomic mass is 9.93. The predicted octanol–water partition coefficient (Wildman–Crippen LogP) is 6.51. The Morgan fingerprint density at radius 1 is 0.931 bits per heavy atom. The van der Waals surface area contributed by atoms with Gasteiger partial charge >= 0.3 is 0 Å². The predicted molar refractivity (Wildman–Crippen MR) is 118 cm³/mol. The third-order valence-electron chi connectivity index (χ3n) is 4.94. The van der Waals surface area contributed by atoms with E-state index in [1.165, 1.54) is 10.4 Å². The van der Waals surface area contributed by atoms with Crippen LogP contribution in [-0.4, -0.2) is 20.3 Å². The number of hydrogen-bond acceptors (Lipinski definition) is 5. The van der Waals surface area contributed by atoms with Gasteiger partial charge in [0, 0.05) is 22.1 Å². The molecule has 4 rings (SSSR count). The summed E-state index contributed by atoms with van der Waals surface area (Å²) < 4.78 is 23.5. The van der Waals surface area contributed by atoms with E-state index in [-0.39, 0.29) is 6.10 Å². The van der Waals surface area contributed by atoms with Gasteiger partial charge < -0.3 is 18.9 Å². The average Bonchev–Trinajstić information content (AvgIpc) is 3.12. The van der Waals surface area contributed by atoms with Crippen molar-refractivity contribution in [2.75, 3.05) is 14.2 Å². The highest BCUT2D eigenvalue weighted by Gasteiger charge is 2.36. The molecule has 1 aliphatic rings. The van der Waals surface area contributed by atoms with E-state index < -0.39 is 5.60 Å². The van der Waals surface area contributed by atoms with E-state index >= 15 is 0 Å². The second kappa shape index (κ2) is 7.30. The Labute approximate surface area is 176 Å². The monoisotopic (exact) mass is 410 g/mol. The summed E-state index contributed by atoms with van der Waals surface area (Å²) in [5.74, 6) is 3.25. The van der Waals surface area contributed by atoms with Gasteiger partial charge in [0.05, 0.1) is 30.8 Å². The molecule has 4 nitrogen and oxygen atoms in total. The number of rotatable bonds is 5. The fraction of sp³-hybridized carbons (Fsp3) is 0.333. The molecule has 0 spiro atoms. The maximum absolute atomic E-state index is 6.36. The fourth-order valence-corrected chi connectivity index (χ4v) is 4.96. The summed E-state index contributed by atoms with van der Waals surface area (Å²) in [7, 11) is 3.36. The number of methoxy groups -OCH3 is 2. The third-order valence-corrected chi connectivity index (χ3v) is 6.40. The Kier molecular flexibility index (Phi) is 4.95. The molecular formula is C24H26O4S. The molecule has 0 unspecified atom stereocenters. The van der Waals surface area contributed by atoms with Gasteiger partial charge in [0.15, 0.2) is 0 Å². The van der Waals surface area contributed by atoms with Crippen LogP contribution in [0.1, 0.15) is 32.6 Å². The van der Waals surface area contributed by atoms with Crippen LogP contribution in [0.2, 0.25) is 0 Å². The van der Waals surface area contributed by atoms with Gasteiger partial charge in [0.2, 0.25) is 0 Å². The summed E-state index contributed by atoms with van der Waals surface area (Å²) in [5, 5.41) is 0. The minimum absolute atomic E-state index is 0.0726. The molecule has 0 saturated heterocycles. The lowest BCUT2D eigenvalue weighted by molar-refractivity contribution is 0.109. The molecule has 3 aromatic rings. The minimum atomic E-state index is -0.446. The molecule has 29 heavy (non-hydrogen) atoms. The van der Waals surface area contributed by atoms with Gasteiger partial charge in [-0.25, -0.2) is 0 Å². The van der Waals surface area contributed by atoms with Crippen LogP contribution in [0.25, 0.3) is 21.6 Å². The molecule has 0 atom stereocenters. The van der Waals surface area contributed by atoms with Crippen molar-refractivity contribution in [3.05, 3.63) is 47.3 Å². The Morgan fingerprint density at radius 2 is 1.69 bits per heavy atom. The molecule has 5 heteroatoms. The van der Waals surface area contributed by atoms with Crippen molar-refractivity contribution >= 4 is 11.3 Å². The van der Waals surface area contributed by atoms with E-state index in [9.17, 15) is 0 Å². The van der Waals surface area contributed by atoms with E-state index in [0.717, 1.165) is 39.0 Å². The van der Waals surface area contributed by atoms with Gasteiger partial charge in [0.25, 0.3) is 0 Å². The maximum atomic E-state index is 6.36. The molecule has 1 aliphatic heterocycles. The zero-order valence-electron chi connectivity index (χ0n) is 17.7. The minimum Gasteiger partial charge on any atom is -0.497 e. The number of ether oxygens (including phenoxy) is 4. The first-order chi connectivity index (χ1) is 13.8. The van der Waals surface area contributed by atoms with Gasteiger partial charge in [-0.3, -0.25) is 0 Å². The molecule has 0 radical (unpaired) electrons. The molecule has 0 amide bonds. The van der Waals surface area contributed by atoms with Gasteiger partial charge in [-0.2, -0.15) is 0 Å². The standard InChI is InChI=1S/C24H26O4S/c1-14(2)27-19-9-7-8-18(26-6)22(19)21-13-17-16-11-10-15(25-5)12-20(16)28-24(3,4)23(17)29-21/h7-14H,1-6H3. The molecule has 1 aromatic heterocycles. The van der Waals surface area contributed by atoms with Gasteiger partial charge in [0.1, 0.15) is 28.6 Å². The summed E-state index contributed by atoms with van der Waals surface area (Å²) in [6, 6.07) is 14.1. The molecule has 0 saturated carbocycles. The van der Waals surface area contributed by atoms with Crippen molar-refractivity contribution in [2.24, 2.45) is 0 Å². The molecular weight excluding hydrogens is 384 g/mol. The Balaban J connectivity index is 1.91. The van der Waals surface area contributed by atoms with Gasteiger partial charge in [-0.15, -0.1) is 11.3 Å². The second-order valence-corrected chi connectivity index (χ2v) is 8.88. The number of hydrogen-bond donors (Lipinski definition) is 0. The Bertz CT molecular complexity index is 1050. The summed E-state index contributed by atoms with van der Waals surface area (Å²) in [4.78, 5) is 2.29. The van der Waals surface area contributed by atoms with E-state index in [1.807, 2.05) is 44.2 Å². The van der Waals surface area contributed by atoms with Gasteiger partial charge in [-0.05, 0) is 58.0 Å². The summed E-state index contributed by atoms with van der Waals surface area (Å²) in [6.07, 6.45) is 0.0726. The second-order valence-electron chi connectivity index (χ2n) is 7.83. The van der Waals surface area contributed by atoms with E-state index in [2.05, 4.69) is 26.0 Å². The van der Waals surface area contributed by atoms with E-state index in [0.29, 0.717) is 0 Å². The van der Waals surface area contributed by atoms with Crippen LogP contribution in [0.3, 0.4) is 0 Å². The van der Waals surface area contributed by atoms with Crippen LogP contribution in [0.15, 0.2) is 42.5 Å². The molecule has 2 aromatic carbocycles. The topological polar surface area (TPSA) is 36.9 Å². The van der Waals surface area contributed by atoms with Crippen molar-refractivity contribution in [1.29, 1.82) is 0 Å².